The van der Waals surface area contributed by atoms with Crippen LogP contribution in [0.5, 0.6) is 5.75 Å². The third-order valence-electron chi connectivity index (χ3n) is 5.07. The van der Waals surface area contributed by atoms with Crippen molar-refractivity contribution in [2.75, 3.05) is 45.2 Å². The maximum Gasteiger partial charge on any atom is 0.248 e. The first-order chi connectivity index (χ1) is 14.4. The quantitative estimate of drug-likeness (QED) is 0.685. The number of amides is 1. The minimum atomic E-state index is -3.60. The van der Waals surface area contributed by atoms with Crippen LogP contribution in [0.25, 0.3) is 6.08 Å². The first-order valence-electron chi connectivity index (χ1n) is 9.88. The standard InChI is InChI=1S/C22H27N3O4S/c1-3-24-13-15-25(16-14-24)30(27,28)20-9-6-8-19(17-20)23-22(26)12-11-18-7-4-5-10-21(18)29-2/h4-12,17H,3,13-16H2,1-2H3,(H,23,26)/b12-11+. The fourth-order valence-electron chi connectivity index (χ4n) is 3.32. The van der Waals surface area contributed by atoms with E-state index in [2.05, 4.69) is 17.1 Å². The van der Waals surface area contributed by atoms with E-state index in [1.165, 1.54) is 16.4 Å². The fourth-order valence-corrected chi connectivity index (χ4v) is 4.79. The number of benzene rings is 2. The number of ether oxygens (including phenoxy) is 1. The number of para-hydroxylation sites is 1. The Morgan fingerprint density at radius 1 is 1.10 bits per heavy atom. The summed E-state index contributed by atoms with van der Waals surface area (Å²) in [6, 6.07) is 13.7. The highest BCUT2D eigenvalue weighted by atomic mass is 32.2. The van der Waals surface area contributed by atoms with E-state index in [4.69, 9.17) is 4.74 Å². The van der Waals surface area contributed by atoms with Gasteiger partial charge in [-0.3, -0.25) is 4.79 Å². The van der Waals surface area contributed by atoms with Gasteiger partial charge < -0.3 is 15.0 Å². The Morgan fingerprint density at radius 2 is 1.83 bits per heavy atom. The molecule has 1 heterocycles. The molecule has 1 saturated heterocycles. The zero-order valence-corrected chi connectivity index (χ0v) is 18.1. The molecule has 0 spiro atoms. The predicted octanol–water partition coefficient (Wildman–Crippen LogP) is 2.67. The Hall–Kier alpha value is -2.68. The van der Waals surface area contributed by atoms with Gasteiger partial charge in [0.2, 0.25) is 15.9 Å². The van der Waals surface area contributed by atoms with Gasteiger partial charge in [0.1, 0.15) is 5.75 Å². The Morgan fingerprint density at radius 3 is 2.53 bits per heavy atom. The van der Waals surface area contributed by atoms with Gasteiger partial charge in [0.25, 0.3) is 0 Å². The molecule has 1 amide bonds. The van der Waals surface area contributed by atoms with Crippen LogP contribution in [0.1, 0.15) is 12.5 Å². The number of rotatable bonds is 7. The van der Waals surface area contributed by atoms with Gasteiger partial charge >= 0.3 is 0 Å². The lowest BCUT2D eigenvalue weighted by Gasteiger charge is -2.33. The second-order valence-electron chi connectivity index (χ2n) is 6.93. The van der Waals surface area contributed by atoms with Crippen LogP contribution >= 0.6 is 0 Å². The van der Waals surface area contributed by atoms with Gasteiger partial charge in [-0.15, -0.1) is 0 Å². The number of piperazine rings is 1. The number of nitrogens with one attached hydrogen (secondary N) is 1. The van der Waals surface area contributed by atoms with E-state index in [1.54, 1.807) is 31.4 Å². The lowest BCUT2D eigenvalue weighted by atomic mass is 10.2. The van der Waals surface area contributed by atoms with Gasteiger partial charge in [-0.25, -0.2) is 8.42 Å². The SMILES string of the molecule is CCN1CCN(S(=O)(=O)c2cccc(NC(=O)/C=C/c3ccccc3OC)c2)CC1. The number of sulfonamides is 1. The summed E-state index contributed by atoms with van der Waals surface area (Å²) in [6.07, 6.45) is 3.05. The molecule has 0 bridgehead atoms. The van der Waals surface area contributed by atoms with Crippen LogP contribution in [0.15, 0.2) is 59.5 Å². The maximum atomic E-state index is 13.0. The first kappa shape index (κ1) is 22.0. The summed E-state index contributed by atoms with van der Waals surface area (Å²) in [6.45, 7) is 5.36. The second kappa shape index (κ2) is 9.88. The maximum absolute atomic E-state index is 13.0. The van der Waals surface area contributed by atoms with Crippen LogP contribution in [-0.2, 0) is 14.8 Å². The lowest BCUT2D eigenvalue weighted by molar-refractivity contribution is -0.111. The number of anilines is 1. The molecule has 8 heteroatoms. The zero-order chi connectivity index (χ0) is 21.6. The molecule has 7 nitrogen and oxygen atoms in total. The average molecular weight is 430 g/mol. The van der Waals surface area contributed by atoms with Crippen molar-refractivity contribution in [1.82, 2.24) is 9.21 Å². The Bertz CT molecular complexity index is 1010. The molecule has 0 unspecified atom stereocenters. The van der Waals surface area contributed by atoms with Gasteiger partial charge in [-0.1, -0.05) is 31.2 Å². The number of nitrogens with zero attached hydrogens (tertiary/aromatic N) is 2. The summed E-state index contributed by atoms with van der Waals surface area (Å²) in [5.41, 5.74) is 1.20. The topological polar surface area (TPSA) is 79.0 Å². The summed E-state index contributed by atoms with van der Waals surface area (Å²) in [7, 11) is -2.03. The molecule has 30 heavy (non-hydrogen) atoms. The molecule has 1 fully saturated rings. The monoisotopic (exact) mass is 429 g/mol. The summed E-state index contributed by atoms with van der Waals surface area (Å²) >= 11 is 0. The Balaban J connectivity index is 1.69. The number of hydrogen-bond donors (Lipinski definition) is 1. The van der Waals surface area contributed by atoms with Crippen molar-refractivity contribution < 1.29 is 17.9 Å². The molecule has 160 valence electrons. The van der Waals surface area contributed by atoms with Crippen molar-refractivity contribution in [3.05, 3.63) is 60.2 Å². The fraction of sp³-hybridized carbons (Fsp3) is 0.318. The largest absolute Gasteiger partial charge is 0.496 e. The smallest absolute Gasteiger partial charge is 0.248 e. The molecule has 0 saturated carbocycles. The molecule has 0 aromatic heterocycles. The summed E-state index contributed by atoms with van der Waals surface area (Å²) in [5, 5.41) is 2.72. The van der Waals surface area contributed by atoms with E-state index in [0.717, 1.165) is 25.2 Å². The highest BCUT2D eigenvalue weighted by Crippen LogP contribution is 2.22. The number of carbonyl (C=O) groups is 1. The molecular weight excluding hydrogens is 402 g/mol. The summed E-state index contributed by atoms with van der Waals surface area (Å²) < 4.78 is 32.7. The van der Waals surface area contributed by atoms with E-state index in [1.807, 2.05) is 24.3 Å². The predicted molar refractivity (Wildman–Crippen MR) is 118 cm³/mol. The zero-order valence-electron chi connectivity index (χ0n) is 17.2. The van der Waals surface area contributed by atoms with Crippen LogP contribution in [0.2, 0.25) is 0 Å². The Labute approximate surface area is 178 Å². The van der Waals surface area contributed by atoms with Crippen molar-refractivity contribution in [2.24, 2.45) is 0 Å². The summed E-state index contributed by atoms with van der Waals surface area (Å²) in [4.78, 5) is 14.7. The van der Waals surface area contributed by atoms with Crippen LogP contribution in [0, 0.1) is 0 Å². The number of hydrogen-bond acceptors (Lipinski definition) is 5. The number of carbonyl (C=O) groups excluding carboxylic acids is 1. The molecule has 3 rings (SSSR count). The van der Waals surface area contributed by atoms with E-state index in [0.29, 0.717) is 24.5 Å². The van der Waals surface area contributed by atoms with Crippen LogP contribution in [-0.4, -0.2) is 63.4 Å². The molecule has 2 aromatic rings. The second-order valence-corrected chi connectivity index (χ2v) is 8.87. The molecule has 0 radical (unpaired) electrons. The third-order valence-corrected chi connectivity index (χ3v) is 6.97. The van der Waals surface area contributed by atoms with E-state index in [9.17, 15) is 13.2 Å². The van der Waals surface area contributed by atoms with Crippen molar-refractivity contribution in [1.29, 1.82) is 0 Å². The van der Waals surface area contributed by atoms with Gasteiger partial charge in [0.05, 0.1) is 12.0 Å². The minimum Gasteiger partial charge on any atom is -0.496 e. The van der Waals surface area contributed by atoms with Crippen molar-refractivity contribution >= 4 is 27.7 Å². The molecule has 1 N–H and O–H groups in total. The van der Waals surface area contributed by atoms with Gasteiger partial charge in [-0.2, -0.15) is 4.31 Å². The highest BCUT2D eigenvalue weighted by Gasteiger charge is 2.28. The van der Waals surface area contributed by atoms with E-state index in [-0.39, 0.29) is 10.8 Å². The van der Waals surface area contributed by atoms with E-state index < -0.39 is 10.0 Å². The van der Waals surface area contributed by atoms with Crippen molar-refractivity contribution in [3.63, 3.8) is 0 Å². The molecule has 1 aliphatic rings. The number of methoxy groups -OCH3 is 1. The summed E-state index contributed by atoms with van der Waals surface area (Å²) in [5.74, 6) is 0.310. The average Bonchev–Trinajstić information content (AvgIpc) is 2.78. The van der Waals surface area contributed by atoms with Crippen LogP contribution in [0.3, 0.4) is 0 Å². The highest BCUT2D eigenvalue weighted by molar-refractivity contribution is 7.89. The van der Waals surface area contributed by atoms with Crippen molar-refractivity contribution in [3.8, 4) is 5.75 Å². The molecule has 1 aliphatic heterocycles. The first-order valence-corrected chi connectivity index (χ1v) is 11.3. The normalized spacial score (nSPS) is 15.9. The van der Waals surface area contributed by atoms with Gasteiger partial charge in [-0.05, 0) is 36.9 Å². The Kier molecular flexibility index (Phi) is 7.25. The molecule has 0 atom stereocenters. The number of likely N-dealkylation sites (N-methyl/N-ethyl adjacent to an activating group) is 1. The molecule has 0 aliphatic carbocycles. The van der Waals surface area contributed by atoms with Crippen LogP contribution in [0.4, 0.5) is 5.69 Å². The molecular formula is C22H27N3O4S. The van der Waals surface area contributed by atoms with Crippen LogP contribution < -0.4 is 10.1 Å². The van der Waals surface area contributed by atoms with Gasteiger partial charge in [0, 0.05) is 43.5 Å². The lowest BCUT2D eigenvalue weighted by Crippen LogP contribution is -2.48. The van der Waals surface area contributed by atoms with Gasteiger partial charge in [0.15, 0.2) is 0 Å². The molecule has 2 aromatic carbocycles. The third kappa shape index (κ3) is 5.27. The van der Waals surface area contributed by atoms with E-state index >= 15 is 0 Å². The minimum absolute atomic E-state index is 0.180. The van der Waals surface area contributed by atoms with Crippen molar-refractivity contribution in [2.45, 2.75) is 11.8 Å².